The molecule has 194 valence electrons. The molecule has 1 N–H and O–H groups in total. The molecule has 0 unspecified atom stereocenters. The number of hydrogen-bond acceptors (Lipinski definition) is 6. The topological polar surface area (TPSA) is 114 Å². The third-order valence-corrected chi connectivity index (χ3v) is 6.04. The molecule has 3 aromatic carbocycles. The summed E-state index contributed by atoms with van der Waals surface area (Å²) < 4.78 is 11.9. The molecule has 0 bridgehead atoms. The Morgan fingerprint density at radius 2 is 1.92 bits per heavy atom. The van der Waals surface area contributed by atoms with E-state index in [1.807, 2.05) is 13.0 Å². The van der Waals surface area contributed by atoms with E-state index in [1.54, 1.807) is 48.5 Å². The quantitative estimate of drug-likeness (QED) is 0.0888. The summed E-state index contributed by atoms with van der Waals surface area (Å²) in [6.07, 6.45) is 3.54. The number of benzene rings is 3. The lowest BCUT2D eigenvalue weighted by molar-refractivity contribution is -0.384. The number of nitriles is 1. The first kappa shape index (κ1) is 28.3. The number of rotatable bonds is 11. The third-order valence-electron chi connectivity index (χ3n) is 5.22. The van der Waals surface area contributed by atoms with Gasteiger partial charge in [-0.05, 0) is 66.9 Å². The van der Waals surface area contributed by atoms with Gasteiger partial charge in [-0.3, -0.25) is 14.9 Å². The van der Waals surface area contributed by atoms with Crippen molar-refractivity contribution in [2.45, 2.75) is 20.0 Å². The highest BCUT2D eigenvalue weighted by Gasteiger charge is 2.17. The van der Waals surface area contributed by atoms with E-state index in [0.717, 1.165) is 11.1 Å². The number of nitro benzene ring substituents is 1. The maximum absolute atomic E-state index is 12.8. The fourth-order valence-electron chi connectivity index (χ4n) is 3.48. The van der Waals surface area contributed by atoms with Crippen LogP contribution in [-0.2, 0) is 17.8 Å². The summed E-state index contributed by atoms with van der Waals surface area (Å²) in [6.45, 7) is 6.10. The summed E-state index contributed by atoms with van der Waals surface area (Å²) in [5, 5.41) is 23.6. The molecule has 38 heavy (non-hydrogen) atoms. The molecule has 3 rings (SSSR count). The maximum atomic E-state index is 12.8. The number of nitrogens with zero attached hydrogens (tertiary/aromatic N) is 2. The van der Waals surface area contributed by atoms with Gasteiger partial charge in [0, 0.05) is 17.7 Å². The molecule has 0 aliphatic carbocycles. The van der Waals surface area contributed by atoms with Gasteiger partial charge in [0.1, 0.15) is 18.2 Å². The lowest BCUT2D eigenvalue weighted by Crippen LogP contribution is -2.13. The van der Waals surface area contributed by atoms with Crippen molar-refractivity contribution in [2.24, 2.45) is 0 Å². The van der Waals surface area contributed by atoms with Gasteiger partial charge in [0.15, 0.2) is 11.5 Å². The lowest BCUT2D eigenvalue weighted by Gasteiger charge is -2.17. The van der Waals surface area contributed by atoms with Crippen LogP contribution in [0, 0.1) is 21.4 Å². The SMILES string of the molecule is C=CCc1cc(/C=C(/C#N)C(=O)Nc2cccc(Cl)c2Cl)cc(OCC)c1OCc1ccc([N+](=O)[O-])cc1. The van der Waals surface area contributed by atoms with E-state index in [4.69, 9.17) is 32.7 Å². The van der Waals surface area contributed by atoms with Crippen molar-refractivity contribution in [3.05, 3.63) is 110 Å². The van der Waals surface area contributed by atoms with Crippen molar-refractivity contribution >= 4 is 46.6 Å². The summed E-state index contributed by atoms with van der Waals surface area (Å²) in [6, 6.07) is 16.2. The number of non-ortho nitro benzene ring substituents is 1. The summed E-state index contributed by atoms with van der Waals surface area (Å²) in [7, 11) is 0. The highest BCUT2D eigenvalue weighted by atomic mass is 35.5. The van der Waals surface area contributed by atoms with E-state index >= 15 is 0 Å². The molecule has 0 aliphatic heterocycles. The Bertz CT molecular complexity index is 1430. The van der Waals surface area contributed by atoms with Crippen LogP contribution in [0.1, 0.15) is 23.6 Å². The molecule has 0 radical (unpaired) electrons. The second-order valence-electron chi connectivity index (χ2n) is 7.87. The van der Waals surface area contributed by atoms with Crippen molar-refractivity contribution in [1.82, 2.24) is 0 Å². The molecule has 0 spiro atoms. The van der Waals surface area contributed by atoms with Crippen molar-refractivity contribution in [3.8, 4) is 17.6 Å². The van der Waals surface area contributed by atoms with E-state index in [-0.39, 0.29) is 33.6 Å². The maximum Gasteiger partial charge on any atom is 0.269 e. The number of carbonyl (C=O) groups excluding carboxylic acids is 1. The van der Waals surface area contributed by atoms with Gasteiger partial charge in [-0.1, -0.05) is 35.3 Å². The minimum absolute atomic E-state index is 0.0118. The Kier molecular flexibility index (Phi) is 9.88. The zero-order valence-corrected chi connectivity index (χ0v) is 21.9. The van der Waals surface area contributed by atoms with Crippen LogP contribution >= 0.6 is 23.2 Å². The van der Waals surface area contributed by atoms with Gasteiger partial charge in [-0.15, -0.1) is 6.58 Å². The van der Waals surface area contributed by atoms with E-state index in [2.05, 4.69) is 11.9 Å². The zero-order valence-electron chi connectivity index (χ0n) is 20.4. The average Bonchev–Trinajstić information content (AvgIpc) is 2.90. The van der Waals surface area contributed by atoms with Gasteiger partial charge >= 0.3 is 0 Å². The molecular formula is C28H23Cl2N3O5. The first-order valence-corrected chi connectivity index (χ1v) is 12.2. The first-order chi connectivity index (χ1) is 18.3. The van der Waals surface area contributed by atoms with E-state index in [0.29, 0.717) is 30.1 Å². The Hall–Kier alpha value is -4.32. The fourth-order valence-corrected chi connectivity index (χ4v) is 3.82. The summed E-state index contributed by atoms with van der Waals surface area (Å²) >= 11 is 12.2. The minimum Gasteiger partial charge on any atom is -0.490 e. The van der Waals surface area contributed by atoms with Crippen LogP contribution in [0.5, 0.6) is 11.5 Å². The highest BCUT2D eigenvalue weighted by Crippen LogP contribution is 2.36. The number of hydrogen-bond donors (Lipinski definition) is 1. The lowest BCUT2D eigenvalue weighted by atomic mass is 10.0. The number of nitro groups is 1. The Labute approximate surface area is 229 Å². The standard InChI is InChI=1S/C28H23Cl2N3O5/c1-3-6-20-13-19(14-21(16-31)28(34)32-24-8-5-7-23(29)26(24)30)15-25(37-4-2)27(20)38-17-18-9-11-22(12-10-18)33(35)36/h3,5,7-15H,1,4,6,17H2,2H3,(H,32,34)/b21-14-. The first-order valence-electron chi connectivity index (χ1n) is 11.4. The van der Waals surface area contributed by atoms with Crippen molar-refractivity contribution < 1.29 is 19.2 Å². The Balaban J connectivity index is 1.92. The molecule has 0 saturated carbocycles. The molecule has 0 fully saturated rings. The number of nitrogens with one attached hydrogen (secondary N) is 1. The number of halogens is 2. The monoisotopic (exact) mass is 551 g/mol. The van der Waals surface area contributed by atoms with Crippen LogP contribution in [0.2, 0.25) is 10.0 Å². The number of ether oxygens (including phenoxy) is 2. The van der Waals surface area contributed by atoms with Crippen LogP contribution < -0.4 is 14.8 Å². The van der Waals surface area contributed by atoms with Crippen molar-refractivity contribution in [1.29, 1.82) is 5.26 Å². The third kappa shape index (κ3) is 7.13. The Morgan fingerprint density at radius 3 is 2.55 bits per heavy atom. The van der Waals surface area contributed by atoms with Gasteiger partial charge in [0.05, 0.1) is 27.3 Å². The largest absolute Gasteiger partial charge is 0.490 e. The molecule has 0 saturated heterocycles. The normalized spacial score (nSPS) is 10.8. The minimum atomic E-state index is -0.654. The molecule has 10 heteroatoms. The fraction of sp³-hybridized carbons (Fsp3) is 0.143. The molecule has 1 amide bonds. The molecule has 0 aliphatic rings. The van der Waals surface area contributed by atoms with Gasteiger partial charge < -0.3 is 14.8 Å². The molecular weight excluding hydrogens is 529 g/mol. The van der Waals surface area contributed by atoms with E-state index in [9.17, 15) is 20.2 Å². The van der Waals surface area contributed by atoms with Gasteiger partial charge in [0.25, 0.3) is 11.6 Å². The van der Waals surface area contributed by atoms with E-state index < -0.39 is 10.8 Å². The van der Waals surface area contributed by atoms with Crippen molar-refractivity contribution in [2.75, 3.05) is 11.9 Å². The number of carbonyl (C=O) groups is 1. The predicted molar refractivity (Wildman–Crippen MR) is 148 cm³/mol. The van der Waals surface area contributed by atoms with Gasteiger partial charge in [-0.25, -0.2) is 0 Å². The average molecular weight is 552 g/mol. The number of anilines is 1. The van der Waals surface area contributed by atoms with Crippen LogP contribution in [0.15, 0.2) is 72.8 Å². The second-order valence-corrected chi connectivity index (χ2v) is 8.66. The van der Waals surface area contributed by atoms with Crippen LogP contribution in [0.25, 0.3) is 6.08 Å². The zero-order chi connectivity index (χ0) is 27.7. The van der Waals surface area contributed by atoms with Crippen molar-refractivity contribution in [3.63, 3.8) is 0 Å². The summed E-state index contributed by atoms with van der Waals surface area (Å²) in [4.78, 5) is 23.2. The van der Waals surface area contributed by atoms with Gasteiger partial charge in [0.2, 0.25) is 0 Å². The molecule has 0 aromatic heterocycles. The summed E-state index contributed by atoms with van der Waals surface area (Å²) in [5.74, 6) is 0.227. The van der Waals surface area contributed by atoms with Crippen LogP contribution in [-0.4, -0.2) is 17.4 Å². The van der Waals surface area contributed by atoms with E-state index in [1.165, 1.54) is 18.2 Å². The molecule has 8 nitrogen and oxygen atoms in total. The predicted octanol–water partition coefficient (Wildman–Crippen LogP) is 7.15. The smallest absolute Gasteiger partial charge is 0.269 e. The molecule has 0 heterocycles. The van der Waals surface area contributed by atoms with Crippen LogP contribution in [0.4, 0.5) is 11.4 Å². The highest BCUT2D eigenvalue weighted by molar-refractivity contribution is 6.44. The van der Waals surface area contributed by atoms with Crippen LogP contribution in [0.3, 0.4) is 0 Å². The second kappa shape index (κ2) is 13.3. The number of amides is 1. The number of allylic oxidation sites excluding steroid dienone is 1. The summed E-state index contributed by atoms with van der Waals surface area (Å²) in [5.41, 5.74) is 2.10. The molecule has 3 aromatic rings. The Morgan fingerprint density at radius 1 is 1.18 bits per heavy atom. The molecule has 0 atom stereocenters. The van der Waals surface area contributed by atoms with Gasteiger partial charge in [-0.2, -0.15) is 5.26 Å².